The summed E-state index contributed by atoms with van der Waals surface area (Å²) in [5, 5.41) is 8.88. The Morgan fingerprint density at radius 3 is 2.71 bits per heavy atom. The van der Waals surface area contributed by atoms with Gasteiger partial charge in [-0.2, -0.15) is 4.98 Å². The number of hydrogen-bond donors (Lipinski definition) is 2. The van der Waals surface area contributed by atoms with Crippen LogP contribution in [0.3, 0.4) is 0 Å². The number of nitrogens with two attached hydrogens (primary N) is 1. The largest absolute Gasteiger partial charge is 0.395 e. The monoisotopic (exact) mass is 301 g/mol. The Kier molecular flexibility index (Phi) is 4.14. The molecular formula is C10H16BrN5O. The number of aromatic nitrogens is 2. The SMILES string of the molecule is Nc1ncc(Br)c(N2CCN(CCO)CC2)n1. The maximum Gasteiger partial charge on any atom is 0.222 e. The van der Waals surface area contributed by atoms with Gasteiger partial charge in [-0.05, 0) is 15.9 Å². The molecule has 0 saturated carbocycles. The van der Waals surface area contributed by atoms with E-state index in [2.05, 4.69) is 35.7 Å². The second-order valence-electron chi connectivity index (χ2n) is 3.95. The lowest BCUT2D eigenvalue weighted by Gasteiger charge is -2.35. The first kappa shape index (κ1) is 12.5. The zero-order valence-corrected chi connectivity index (χ0v) is 11.1. The van der Waals surface area contributed by atoms with Crippen LogP contribution >= 0.6 is 15.9 Å². The quantitative estimate of drug-likeness (QED) is 0.814. The number of halogens is 1. The molecule has 0 atom stereocenters. The second-order valence-corrected chi connectivity index (χ2v) is 4.81. The highest BCUT2D eigenvalue weighted by atomic mass is 79.9. The second kappa shape index (κ2) is 5.61. The minimum absolute atomic E-state index is 0.212. The van der Waals surface area contributed by atoms with Crippen LogP contribution in [0.5, 0.6) is 0 Å². The fourth-order valence-electron chi connectivity index (χ4n) is 1.92. The molecule has 2 rings (SSSR count). The van der Waals surface area contributed by atoms with Gasteiger partial charge in [0.05, 0.1) is 11.1 Å². The van der Waals surface area contributed by atoms with Crippen molar-refractivity contribution >= 4 is 27.7 Å². The highest BCUT2D eigenvalue weighted by Gasteiger charge is 2.19. The van der Waals surface area contributed by atoms with Crippen molar-refractivity contribution in [1.29, 1.82) is 0 Å². The summed E-state index contributed by atoms with van der Waals surface area (Å²) in [6.45, 7) is 4.57. The van der Waals surface area contributed by atoms with Crippen molar-refractivity contribution in [3.05, 3.63) is 10.7 Å². The van der Waals surface area contributed by atoms with Crippen molar-refractivity contribution in [3.8, 4) is 0 Å². The third kappa shape index (κ3) is 3.05. The number of β-amino-alcohol motifs (C(OH)–C–C–N with tert-alkyl or cyclic N) is 1. The van der Waals surface area contributed by atoms with Crippen LogP contribution in [0.1, 0.15) is 0 Å². The number of piperazine rings is 1. The number of rotatable bonds is 3. The molecule has 1 aromatic rings. The molecule has 1 aliphatic rings. The van der Waals surface area contributed by atoms with Crippen LogP contribution in [0.25, 0.3) is 0 Å². The van der Waals surface area contributed by atoms with E-state index in [9.17, 15) is 0 Å². The van der Waals surface area contributed by atoms with E-state index in [1.165, 1.54) is 0 Å². The first-order valence-electron chi connectivity index (χ1n) is 5.57. The van der Waals surface area contributed by atoms with Crippen LogP contribution < -0.4 is 10.6 Å². The van der Waals surface area contributed by atoms with E-state index in [1.54, 1.807) is 6.20 Å². The number of anilines is 2. The Labute approximate surface area is 109 Å². The molecule has 1 aliphatic heterocycles. The maximum atomic E-state index is 8.88. The highest BCUT2D eigenvalue weighted by Crippen LogP contribution is 2.24. The van der Waals surface area contributed by atoms with Crippen LogP contribution in [0, 0.1) is 0 Å². The Morgan fingerprint density at radius 1 is 1.35 bits per heavy atom. The summed E-state index contributed by atoms with van der Waals surface area (Å²) >= 11 is 3.44. The summed E-state index contributed by atoms with van der Waals surface area (Å²) < 4.78 is 0.863. The van der Waals surface area contributed by atoms with E-state index in [0.29, 0.717) is 5.95 Å². The fourth-order valence-corrected chi connectivity index (χ4v) is 2.36. The van der Waals surface area contributed by atoms with E-state index in [1.807, 2.05) is 0 Å². The number of hydrogen-bond acceptors (Lipinski definition) is 6. The summed E-state index contributed by atoms with van der Waals surface area (Å²) in [6.07, 6.45) is 1.68. The molecule has 3 N–H and O–H groups in total. The number of aliphatic hydroxyl groups is 1. The molecule has 0 amide bonds. The summed E-state index contributed by atoms with van der Waals surface area (Å²) in [5.41, 5.74) is 5.60. The van der Waals surface area contributed by atoms with Crippen molar-refractivity contribution in [1.82, 2.24) is 14.9 Å². The molecule has 0 unspecified atom stereocenters. The molecule has 6 nitrogen and oxygen atoms in total. The lowest BCUT2D eigenvalue weighted by molar-refractivity contribution is 0.188. The van der Waals surface area contributed by atoms with E-state index in [0.717, 1.165) is 43.0 Å². The highest BCUT2D eigenvalue weighted by molar-refractivity contribution is 9.10. The van der Waals surface area contributed by atoms with Gasteiger partial charge in [0, 0.05) is 38.9 Å². The van der Waals surface area contributed by atoms with Crippen molar-refractivity contribution in [3.63, 3.8) is 0 Å². The third-order valence-corrected chi connectivity index (χ3v) is 3.39. The zero-order valence-electron chi connectivity index (χ0n) is 9.51. The van der Waals surface area contributed by atoms with Crippen molar-refractivity contribution in [2.75, 3.05) is 50.0 Å². The lowest BCUT2D eigenvalue weighted by Crippen LogP contribution is -2.47. The molecule has 2 heterocycles. The fraction of sp³-hybridized carbons (Fsp3) is 0.600. The van der Waals surface area contributed by atoms with E-state index >= 15 is 0 Å². The number of aliphatic hydroxyl groups excluding tert-OH is 1. The maximum absolute atomic E-state index is 8.88. The van der Waals surface area contributed by atoms with Gasteiger partial charge in [0.1, 0.15) is 5.82 Å². The number of nitrogens with zero attached hydrogens (tertiary/aromatic N) is 4. The molecular weight excluding hydrogens is 286 g/mol. The summed E-state index contributed by atoms with van der Waals surface area (Å²) in [5.74, 6) is 1.14. The standard InChI is InChI=1S/C10H16BrN5O/c11-8-7-13-10(12)14-9(8)16-3-1-15(2-4-16)5-6-17/h7,17H,1-6H2,(H2,12,13,14). The molecule has 1 saturated heterocycles. The zero-order chi connectivity index (χ0) is 12.3. The summed E-state index contributed by atoms with van der Waals surface area (Å²) in [4.78, 5) is 12.6. The Morgan fingerprint density at radius 2 is 2.06 bits per heavy atom. The van der Waals surface area contributed by atoms with Gasteiger partial charge >= 0.3 is 0 Å². The third-order valence-electron chi connectivity index (χ3n) is 2.83. The van der Waals surface area contributed by atoms with Crippen molar-refractivity contribution in [2.45, 2.75) is 0 Å². The van der Waals surface area contributed by atoms with Crippen LogP contribution in [-0.2, 0) is 0 Å². The molecule has 7 heteroatoms. The first-order valence-corrected chi connectivity index (χ1v) is 6.36. The van der Waals surface area contributed by atoms with Crippen molar-refractivity contribution < 1.29 is 5.11 Å². The minimum Gasteiger partial charge on any atom is -0.395 e. The molecule has 0 spiro atoms. The Bertz CT molecular complexity index is 381. The molecule has 0 aromatic carbocycles. The van der Waals surface area contributed by atoms with Gasteiger partial charge in [0.25, 0.3) is 0 Å². The predicted octanol–water partition coefficient (Wildman–Crippen LogP) is -0.0644. The first-order chi connectivity index (χ1) is 8.20. The summed E-state index contributed by atoms with van der Waals surface area (Å²) in [6, 6.07) is 0. The van der Waals surface area contributed by atoms with Gasteiger partial charge < -0.3 is 15.7 Å². The van der Waals surface area contributed by atoms with Crippen molar-refractivity contribution in [2.24, 2.45) is 0 Å². The average Bonchev–Trinajstić information content (AvgIpc) is 2.34. The topological polar surface area (TPSA) is 78.5 Å². The smallest absolute Gasteiger partial charge is 0.222 e. The minimum atomic E-state index is 0.212. The van der Waals surface area contributed by atoms with Crippen LogP contribution in [-0.4, -0.2) is 59.3 Å². The van der Waals surface area contributed by atoms with Gasteiger partial charge in [0.2, 0.25) is 5.95 Å². The van der Waals surface area contributed by atoms with E-state index in [-0.39, 0.29) is 6.61 Å². The normalized spacial score (nSPS) is 17.4. The molecule has 0 aliphatic carbocycles. The predicted molar refractivity (Wildman–Crippen MR) is 69.9 cm³/mol. The van der Waals surface area contributed by atoms with Crippen LogP contribution in [0.15, 0.2) is 10.7 Å². The Balaban J connectivity index is 2.02. The molecule has 17 heavy (non-hydrogen) atoms. The van der Waals surface area contributed by atoms with Gasteiger partial charge in [-0.15, -0.1) is 0 Å². The average molecular weight is 302 g/mol. The van der Waals surface area contributed by atoms with E-state index in [4.69, 9.17) is 10.8 Å². The van der Waals surface area contributed by atoms with Gasteiger partial charge in [-0.25, -0.2) is 4.98 Å². The lowest BCUT2D eigenvalue weighted by atomic mass is 10.3. The molecule has 0 radical (unpaired) electrons. The summed E-state index contributed by atoms with van der Waals surface area (Å²) in [7, 11) is 0. The van der Waals surface area contributed by atoms with Crippen LogP contribution in [0.2, 0.25) is 0 Å². The molecule has 0 bridgehead atoms. The van der Waals surface area contributed by atoms with Gasteiger partial charge in [0.15, 0.2) is 0 Å². The molecule has 1 aromatic heterocycles. The molecule has 94 valence electrons. The van der Waals surface area contributed by atoms with Crippen LogP contribution in [0.4, 0.5) is 11.8 Å². The van der Waals surface area contributed by atoms with Gasteiger partial charge in [-0.1, -0.05) is 0 Å². The van der Waals surface area contributed by atoms with Gasteiger partial charge in [-0.3, -0.25) is 4.90 Å². The van der Waals surface area contributed by atoms with E-state index < -0.39 is 0 Å². The molecule has 1 fully saturated rings. The Hall–Kier alpha value is -0.920. The number of nitrogen functional groups attached to an aromatic ring is 1.